The van der Waals surface area contributed by atoms with Gasteiger partial charge in [0.1, 0.15) is 6.61 Å². The molecule has 0 spiro atoms. The highest BCUT2D eigenvalue weighted by Crippen LogP contribution is 2.15. The monoisotopic (exact) mass is 865 g/mol. The Kier molecular flexibility index (Phi) is 50.4. The quantitative estimate of drug-likeness (QED) is 0.0346. The van der Waals surface area contributed by atoms with Gasteiger partial charge in [0.2, 0.25) is 0 Å². The van der Waals surface area contributed by atoms with Gasteiger partial charge in [0, 0.05) is 19.4 Å². The van der Waals surface area contributed by atoms with Crippen molar-refractivity contribution in [1.29, 1.82) is 0 Å². The number of allylic oxidation sites excluding steroid dienone is 12. The minimum Gasteiger partial charge on any atom is -0.462 e. The number of ether oxygens (including phenoxy) is 3. The van der Waals surface area contributed by atoms with Gasteiger partial charge in [0.05, 0.1) is 6.61 Å². The van der Waals surface area contributed by atoms with Crippen molar-refractivity contribution in [3.8, 4) is 0 Å². The Morgan fingerprint density at radius 3 is 1.23 bits per heavy atom. The molecule has 0 amide bonds. The maximum atomic E-state index is 12.8. The molecule has 0 rings (SSSR count). The maximum Gasteiger partial charge on any atom is 0.306 e. The van der Waals surface area contributed by atoms with E-state index >= 15 is 0 Å². The zero-order chi connectivity index (χ0) is 44.9. The zero-order valence-electron chi connectivity index (χ0n) is 41.1. The summed E-state index contributed by atoms with van der Waals surface area (Å²) < 4.78 is 17.4. The summed E-state index contributed by atoms with van der Waals surface area (Å²) in [6.45, 7) is 7.65. The van der Waals surface area contributed by atoms with E-state index in [1.165, 1.54) is 128 Å². The van der Waals surface area contributed by atoms with Crippen LogP contribution in [0.1, 0.15) is 252 Å². The summed E-state index contributed by atoms with van der Waals surface area (Å²) in [4.78, 5) is 25.4. The zero-order valence-corrected chi connectivity index (χ0v) is 41.1. The van der Waals surface area contributed by atoms with Gasteiger partial charge in [-0.3, -0.25) is 9.59 Å². The Morgan fingerprint density at radius 2 is 0.726 bits per heavy atom. The van der Waals surface area contributed by atoms with Crippen molar-refractivity contribution in [3.63, 3.8) is 0 Å². The van der Waals surface area contributed by atoms with E-state index in [1.54, 1.807) is 0 Å². The fourth-order valence-electron chi connectivity index (χ4n) is 7.30. The minimum absolute atomic E-state index is 0.0613. The van der Waals surface area contributed by atoms with Gasteiger partial charge >= 0.3 is 11.9 Å². The van der Waals surface area contributed by atoms with Gasteiger partial charge in [-0.2, -0.15) is 0 Å². The highest BCUT2D eigenvalue weighted by Gasteiger charge is 2.17. The van der Waals surface area contributed by atoms with Gasteiger partial charge < -0.3 is 14.2 Å². The summed E-state index contributed by atoms with van der Waals surface area (Å²) in [5, 5.41) is 0. The van der Waals surface area contributed by atoms with Crippen LogP contribution in [0.15, 0.2) is 72.9 Å². The standard InChI is InChI=1S/C57H100O5/c1-4-7-10-13-16-19-22-25-28-31-34-37-40-43-46-49-52-60-53-55(62-57(59)51-48-45-42-39-36-33-30-27-24-21-18-15-12-9-6-3)54-61-56(58)50-47-44-41-38-35-32-29-26-23-20-17-14-11-8-5-2/h9,12,17-18,20-21,26-27,29-30,36,39,55H,4-8,10-11,13-16,19,22-25,28,31-35,37-38,40-54H2,1-3H3/b12-9-,20-17-,21-18-,29-26-,30-27-,39-36-/t55-/m1/s1. The smallest absolute Gasteiger partial charge is 0.306 e. The lowest BCUT2D eigenvalue weighted by molar-refractivity contribution is -0.163. The Hall–Kier alpha value is -2.66. The fraction of sp³-hybridized carbons (Fsp3) is 0.754. The van der Waals surface area contributed by atoms with Crippen LogP contribution in [0, 0.1) is 0 Å². The Bertz CT molecular complexity index is 1110. The summed E-state index contributed by atoms with van der Waals surface area (Å²) in [5.74, 6) is -0.455. The minimum atomic E-state index is -0.563. The third kappa shape index (κ3) is 50.0. The lowest BCUT2D eigenvalue weighted by atomic mass is 10.0. The predicted octanol–water partition coefficient (Wildman–Crippen LogP) is 17.9. The molecule has 0 aromatic carbocycles. The molecule has 0 fully saturated rings. The molecule has 0 N–H and O–H groups in total. The van der Waals surface area contributed by atoms with E-state index in [9.17, 15) is 9.59 Å². The first kappa shape index (κ1) is 59.3. The van der Waals surface area contributed by atoms with Crippen molar-refractivity contribution in [3.05, 3.63) is 72.9 Å². The third-order valence-corrected chi connectivity index (χ3v) is 11.2. The van der Waals surface area contributed by atoms with E-state index in [4.69, 9.17) is 14.2 Å². The molecular weight excluding hydrogens is 765 g/mol. The van der Waals surface area contributed by atoms with E-state index < -0.39 is 6.10 Å². The first-order chi connectivity index (χ1) is 30.6. The van der Waals surface area contributed by atoms with Crippen LogP contribution in [0.3, 0.4) is 0 Å². The fourth-order valence-corrected chi connectivity index (χ4v) is 7.30. The van der Waals surface area contributed by atoms with Crippen LogP contribution in [-0.4, -0.2) is 37.9 Å². The molecule has 5 heteroatoms. The number of unbranched alkanes of at least 4 members (excludes halogenated alkanes) is 25. The molecule has 0 aliphatic rings. The lowest BCUT2D eigenvalue weighted by Gasteiger charge is -2.18. The second-order valence-corrected chi connectivity index (χ2v) is 17.4. The molecule has 0 radical (unpaired) electrons. The van der Waals surface area contributed by atoms with Crippen LogP contribution in [0.2, 0.25) is 0 Å². The molecule has 0 aliphatic heterocycles. The van der Waals surface area contributed by atoms with Crippen molar-refractivity contribution in [2.45, 2.75) is 258 Å². The van der Waals surface area contributed by atoms with Crippen LogP contribution in [0.25, 0.3) is 0 Å². The number of rotatable bonds is 48. The van der Waals surface area contributed by atoms with Crippen LogP contribution < -0.4 is 0 Å². The highest BCUT2D eigenvalue weighted by molar-refractivity contribution is 5.70. The van der Waals surface area contributed by atoms with E-state index in [0.717, 1.165) is 89.9 Å². The van der Waals surface area contributed by atoms with E-state index in [1.807, 2.05) is 0 Å². The molecule has 0 aromatic heterocycles. The van der Waals surface area contributed by atoms with Crippen LogP contribution >= 0.6 is 0 Å². The molecule has 0 unspecified atom stereocenters. The summed E-state index contributed by atoms with van der Waals surface area (Å²) in [7, 11) is 0. The Labute approximate surface area is 385 Å². The molecule has 0 saturated carbocycles. The normalized spacial score (nSPS) is 12.8. The number of esters is 2. The summed E-state index contributed by atoms with van der Waals surface area (Å²) in [6, 6.07) is 0. The van der Waals surface area contributed by atoms with E-state index in [0.29, 0.717) is 19.4 Å². The molecule has 0 aliphatic carbocycles. The highest BCUT2D eigenvalue weighted by atomic mass is 16.6. The molecule has 0 aromatic rings. The lowest BCUT2D eigenvalue weighted by Crippen LogP contribution is -2.30. The van der Waals surface area contributed by atoms with Crippen LogP contribution in [0.5, 0.6) is 0 Å². The topological polar surface area (TPSA) is 61.8 Å². The third-order valence-electron chi connectivity index (χ3n) is 11.2. The predicted molar refractivity (Wildman–Crippen MR) is 270 cm³/mol. The van der Waals surface area contributed by atoms with Crippen LogP contribution in [0.4, 0.5) is 0 Å². The largest absolute Gasteiger partial charge is 0.462 e. The van der Waals surface area contributed by atoms with Gasteiger partial charge in [0.15, 0.2) is 6.10 Å². The first-order valence-corrected chi connectivity index (χ1v) is 26.5. The summed E-state index contributed by atoms with van der Waals surface area (Å²) in [5.41, 5.74) is 0. The maximum absolute atomic E-state index is 12.8. The molecule has 358 valence electrons. The van der Waals surface area contributed by atoms with E-state index in [2.05, 4.69) is 93.7 Å². The van der Waals surface area contributed by atoms with Crippen molar-refractivity contribution >= 4 is 11.9 Å². The van der Waals surface area contributed by atoms with Gasteiger partial charge in [-0.15, -0.1) is 0 Å². The average Bonchev–Trinajstić information content (AvgIpc) is 3.27. The van der Waals surface area contributed by atoms with Crippen molar-refractivity contribution in [2.24, 2.45) is 0 Å². The summed E-state index contributed by atoms with van der Waals surface area (Å²) >= 11 is 0. The van der Waals surface area contributed by atoms with Gasteiger partial charge in [0.25, 0.3) is 0 Å². The average molecular weight is 865 g/mol. The van der Waals surface area contributed by atoms with Crippen molar-refractivity contribution < 1.29 is 23.8 Å². The molecule has 62 heavy (non-hydrogen) atoms. The van der Waals surface area contributed by atoms with Crippen LogP contribution in [-0.2, 0) is 23.8 Å². The van der Waals surface area contributed by atoms with Gasteiger partial charge in [-0.1, -0.05) is 222 Å². The van der Waals surface area contributed by atoms with Gasteiger partial charge in [-0.05, 0) is 89.9 Å². The second kappa shape index (κ2) is 52.7. The SMILES string of the molecule is CC/C=C\C/C=C\C/C=C\C/C=C\CCCCC(=O)O[C@H](COCCCCCCCCCCCCCCCCCC)COC(=O)CCCCCCC/C=C\C/C=C\CCCCC. The number of carbonyl (C=O) groups excluding carboxylic acids is 2. The van der Waals surface area contributed by atoms with E-state index in [-0.39, 0.29) is 25.2 Å². The molecule has 0 bridgehead atoms. The molecule has 1 atom stereocenters. The molecular formula is C57H100O5. The molecule has 5 nitrogen and oxygen atoms in total. The molecule has 0 heterocycles. The van der Waals surface area contributed by atoms with Gasteiger partial charge in [-0.25, -0.2) is 0 Å². The van der Waals surface area contributed by atoms with Crippen molar-refractivity contribution in [1.82, 2.24) is 0 Å². The molecule has 0 saturated heterocycles. The Balaban J connectivity index is 4.34. The Morgan fingerprint density at radius 1 is 0.371 bits per heavy atom. The second-order valence-electron chi connectivity index (χ2n) is 17.4. The van der Waals surface area contributed by atoms with Crippen molar-refractivity contribution in [2.75, 3.05) is 19.8 Å². The first-order valence-electron chi connectivity index (χ1n) is 26.5. The number of hydrogen-bond donors (Lipinski definition) is 0. The number of hydrogen-bond acceptors (Lipinski definition) is 5. The summed E-state index contributed by atoms with van der Waals surface area (Å²) in [6.07, 6.45) is 67.7. The number of carbonyl (C=O) groups is 2.